The molecular weight excluding hydrogens is 364 g/mol. The van der Waals surface area contributed by atoms with E-state index in [2.05, 4.69) is 5.32 Å². The third-order valence-electron chi connectivity index (χ3n) is 4.50. The summed E-state index contributed by atoms with van der Waals surface area (Å²) in [4.78, 5) is 26.4. The minimum absolute atomic E-state index is 0.148. The number of ether oxygens (including phenoxy) is 1. The molecule has 0 aliphatic rings. The normalized spacial score (nSPS) is 11.6. The van der Waals surface area contributed by atoms with Gasteiger partial charge in [0.1, 0.15) is 11.8 Å². The second kappa shape index (κ2) is 9.42. The number of carbonyl (C=O) groups is 2. The molecule has 0 unspecified atom stereocenters. The summed E-state index contributed by atoms with van der Waals surface area (Å²) in [6, 6.07) is 12.3. The van der Waals surface area contributed by atoms with Gasteiger partial charge in [-0.3, -0.25) is 9.59 Å². The van der Waals surface area contributed by atoms with E-state index in [1.165, 1.54) is 4.90 Å². The number of aryl methyl sites for hydroxylation is 2. The summed E-state index contributed by atoms with van der Waals surface area (Å²) in [7, 11) is 1.55. The summed E-state index contributed by atoms with van der Waals surface area (Å²) in [6.07, 6.45) is 0. The summed E-state index contributed by atoms with van der Waals surface area (Å²) >= 11 is 6.04. The Morgan fingerprint density at radius 2 is 1.89 bits per heavy atom. The minimum Gasteiger partial charge on any atom is -0.484 e. The first-order valence-electron chi connectivity index (χ1n) is 8.77. The Morgan fingerprint density at radius 1 is 1.15 bits per heavy atom. The predicted octanol–water partition coefficient (Wildman–Crippen LogP) is 3.50. The molecule has 0 bridgehead atoms. The van der Waals surface area contributed by atoms with Gasteiger partial charge in [0.25, 0.3) is 5.91 Å². The number of halogens is 1. The Kier molecular flexibility index (Phi) is 7.25. The molecule has 0 spiro atoms. The van der Waals surface area contributed by atoms with Crippen molar-refractivity contribution in [2.45, 2.75) is 33.4 Å². The lowest BCUT2D eigenvalue weighted by atomic mass is 10.1. The Bertz CT molecular complexity index is 823. The van der Waals surface area contributed by atoms with E-state index in [9.17, 15) is 9.59 Å². The number of nitrogens with zero attached hydrogens (tertiary/aromatic N) is 1. The molecule has 5 nitrogen and oxygen atoms in total. The van der Waals surface area contributed by atoms with Crippen LogP contribution >= 0.6 is 11.6 Å². The van der Waals surface area contributed by atoms with Crippen LogP contribution in [0.4, 0.5) is 0 Å². The standard InChI is InChI=1S/C21H25ClN2O3/c1-14-8-9-19(10-15(14)2)27-13-20(25)24(16(3)21(26)23-4)12-17-6-5-7-18(22)11-17/h5-11,16H,12-13H2,1-4H3,(H,23,26)/t16-/m1/s1. The number of nitrogens with one attached hydrogen (secondary N) is 1. The molecule has 1 N–H and O–H groups in total. The molecule has 2 rings (SSSR count). The SMILES string of the molecule is CNC(=O)[C@@H](C)N(Cc1cccc(Cl)c1)C(=O)COc1ccc(C)c(C)c1. The molecule has 2 aromatic rings. The van der Waals surface area contributed by atoms with Gasteiger partial charge in [-0.2, -0.15) is 0 Å². The van der Waals surface area contributed by atoms with E-state index in [1.807, 2.05) is 44.2 Å². The van der Waals surface area contributed by atoms with Gasteiger partial charge in [0, 0.05) is 18.6 Å². The number of likely N-dealkylation sites (N-methyl/N-ethyl adjacent to an activating group) is 1. The highest BCUT2D eigenvalue weighted by atomic mass is 35.5. The quantitative estimate of drug-likeness (QED) is 0.789. The summed E-state index contributed by atoms with van der Waals surface area (Å²) in [5, 5.41) is 3.17. The summed E-state index contributed by atoms with van der Waals surface area (Å²) < 4.78 is 5.66. The fraction of sp³-hybridized carbons (Fsp3) is 0.333. The number of benzene rings is 2. The van der Waals surface area contributed by atoms with E-state index in [0.29, 0.717) is 10.8 Å². The van der Waals surface area contributed by atoms with Crippen LogP contribution in [0, 0.1) is 13.8 Å². The van der Waals surface area contributed by atoms with Gasteiger partial charge in [-0.25, -0.2) is 0 Å². The number of rotatable bonds is 7. The van der Waals surface area contributed by atoms with Crippen molar-refractivity contribution in [3.05, 3.63) is 64.2 Å². The maximum Gasteiger partial charge on any atom is 0.261 e. The van der Waals surface area contributed by atoms with Crippen LogP contribution in [0.1, 0.15) is 23.6 Å². The van der Waals surface area contributed by atoms with Crippen LogP contribution in [0.25, 0.3) is 0 Å². The maximum absolute atomic E-state index is 12.8. The average molecular weight is 389 g/mol. The van der Waals surface area contributed by atoms with Crippen LogP contribution < -0.4 is 10.1 Å². The Hall–Kier alpha value is -2.53. The molecular formula is C21H25ClN2O3. The van der Waals surface area contributed by atoms with Crippen molar-refractivity contribution in [2.24, 2.45) is 0 Å². The van der Waals surface area contributed by atoms with Gasteiger partial charge in [0.05, 0.1) is 0 Å². The molecule has 0 saturated carbocycles. The van der Waals surface area contributed by atoms with Gasteiger partial charge in [-0.15, -0.1) is 0 Å². The largest absolute Gasteiger partial charge is 0.484 e. The fourth-order valence-corrected chi connectivity index (χ4v) is 2.87. The molecule has 1 atom stereocenters. The lowest BCUT2D eigenvalue weighted by Gasteiger charge is -2.28. The zero-order valence-electron chi connectivity index (χ0n) is 16.1. The zero-order chi connectivity index (χ0) is 20.0. The molecule has 0 aliphatic heterocycles. The Labute approximate surface area is 165 Å². The smallest absolute Gasteiger partial charge is 0.261 e. The summed E-state index contributed by atoms with van der Waals surface area (Å²) in [6.45, 7) is 5.82. The first kappa shape index (κ1) is 20.8. The second-order valence-corrected chi connectivity index (χ2v) is 6.91. The molecule has 0 saturated heterocycles. The first-order valence-corrected chi connectivity index (χ1v) is 9.15. The third-order valence-corrected chi connectivity index (χ3v) is 4.73. The van der Waals surface area contributed by atoms with E-state index >= 15 is 0 Å². The minimum atomic E-state index is -0.634. The van der Waals surface area contributed by atoms with Crippen LogP contribution in [0.5, 0.6) is 5.75 Å². The van der Waals surface area contributed by atoms with Crippen LogP contribution in [0.3, 0.4) is 0 Å². The highest BCUT2D eigenvalue weighted by Crippen LogP contribution is 2.18. The molecule has 144 valence electrons. The summed E-state index contributed by atoms with van der Waals surface area (Å²) in [5.41, 5.74) is 3.09. The topological polar surface area (TPSA) is 58.6 Å². The molecule has 0 radical (unpaired) electrons. The third kappa shape index (κ3) is 5.73. The van der Waals surface area contributed by atoms with Crippen LogP contribution in [0.2, 0.25) is 5.02 Å². The van der Waals surface area contributed by atoms with Crippen molar-refractivity contribution in [1.82, 2.24) is 10.2 Å². The van der Waals surface area contributed by atoms with Crippen LogP contribution in [0.15, 0.2) is 42.5 Å². The molecule has 0 fully saturated rings. The number of hydrogen-bond donors (Lipinski definition) is 1. The van der Waals surface area contributed by atoms with Crippen LogP contribution in [-0.2, 0) is 16.1 Å². The van der Waals surface area contributed by atoms with E-state index in [1.54, 1.807) is 26.1 Å². The van der Waals surface area contributed by atoms with Crippen molar-refractivity contribution in [3.8, 4) is 5.75 Å². The van der Waals surface area contributed by atoms with E-state index < -0.39 is 6.04 Å². The maximum atomic E-state index is 12.8. The average Bonchev–Trinajstić information content (AvgIpc) is 2.65. The van der Waals surface area contributed by atoms with Crippen molar-refractivity contribution in [2.75, 3.05) is 13.7 Å². The molecule has 0 aromatic heterocycles. The van der Waals surface area contributed by atoms with Crippen molar-refractivity contribution in [1.29, 1.82) is 0 Å². The Balaban J connectivity index is 2.14. The van der Waals surface area contributed by atoms with E-state index in [0.717, 1.165) is 16.7 Å². The van der Waals surface area contributed by atoms with Crippen molar-refractivity contribution >= 4 is 23.4 Å². The monoisotopic (exact) mass is 388 g/mol. The molecule has 2 amide bonds. The lowest BCUT2D eigenvalue weighted by molar-refractivity contribution is -0.142. The van der Waals surface area contributed by atoms with E-state index in [-0.39, 0.29) is 25.0 Å². The second-order valence-electron chi connectivity index (χ2n) is 6.48. The van der Waals surface area contributed by atoms with Gasteiger partial charge in [0.15, 0.2) is 6.61 Å². The number of amides is 2. The van der Waals surface area contributed by atoms with Gasteiger partial charge >= 0.3 is 0 Å². The molecule has 2 aromatic carbocycles. The Morgan fingerprint density at radius 3 is 2.52 bits per heavy atom. The van der Waals surface area contributed by atoms with Gasteiger partial charge in [0.2, 0.25) is 5.91 Å². The molecule has 0 aliphatic carbocycles. The van der Waals surface area contributed by atoms with Gasteiger partial charge < -0.3 is 15.0 Å². The summed E-state index contributed by atoms with van der Waals surface area (Å²) in [5.74, 6) is 0.114. The molecule has 0 heterocycles. The fourth-order valence-electron chi connectivity index (χ4n) is 2.66. The van der Waals surface area contributed by atoms with Gasteiger partial charge in [-0.05, 0) is 61.7 Å². The lowest BCUT2D eigenvalue weighted by Crippen LogP contribution is -2.48. The highest BCUT2D eigenvalue weighted by Gasteiger charge is 2.25. The zero-order valence-corrected chi connectivity index (χ0v) is 16.8. The predicted molar refractivity (Wildman–Crippen MR) is 107 cm³/mol. The molecule has 27 heavy (non-hydrogen) atoms. The first-order chi connectivity index (χ1) is 12.8. The number of hydrogen-bond acceptors (Lipinski definition) is 3. The van der Waals surface area contributed by atoms with Crippen LogP contribution in [-0.4, -0.2) is 36.4 Å². The van der Waals surface area contributed by atoms with Crippen molar-refractivity contribution in [3.63, 3.8) is 0 Å². The van der Waals surface area contributed by atoms with E-state index in [4.69, 9.17) is 16.3 Å². The van der Waals surface area contributed by atoms with Crippen molar-refractivity contribution < 1.29 is 14.3 Å². The highest BCUT2D eigenvalue weighted by molar-refractivity contribution is 6.30. The van der Waals surface area contributed by atoms with Gasteiger partial charge in [-0.1, -0.05) is 29.8 Å². The molecule has 6 heteroatoms. The number of carbonyl (C=O) groups excluding carboxylic acids is 2.